The second-order valence-electron chi connectivity index (χ2n) is 3.78. The third-order valence-corrected chi connectivity index (χ3v) is 2.43. The summed E-state index contributed by atoms with van der Waals surface area (Å²) >= 11 is 0. The molecule has 2 nitrogen and oxygen atoms in total. The van der Waals surface area contributed by atoms with E-state index in [0.717, 1.165) is 24.8 Å². The summed E-state index contributed by atoms with van der Waals surface area (Å²) in [7, 11) is 0. The maximum atomic E-state index is 12.0. The first-order chi connectivity index (χ1) is 8.13. The van der Waals surface area contributed by atoms with Gasteiger partial charge in [0.15, 0.2) is 0 Å². The molecule has 1 aromatic carbocycles. The van der Waals surface area contributed by atoms with Crippen LogP contribution in [-0.4, -0.2) is 6.61 Å². The van der Waals surface area contributed by atoms with Gasteiger partial charge in [-0.25, -0.2) is 0 Å². The zero-order valence-corrected chi connectivity index (χ0v) is 9.61. The van der Waals surface area contributed by atoms with Gasteiger partial charge in [-0.05, 0) is 37.0 Å². The highest BCUT2D eigenvalue weighted by Crippen LogP contribution is 2.22. The molecule has 94 valence electrons. The SMILES string of the molecule is C=CCCCC(N)c1cccc(OC(F)F)c1. The maximum absolute atomic E-state index is 12.0. The second kappa shape index (κ2) is 7.01. The first kappa shape index (κ1) is 13.6. The summed E-state index contributed by atoms with van der Waals surface area (Å²) in [5.41, 5.74) is 6.77. The molecule has 4 heteroatoms. The molecule has 0 spiro atoms. The number of benzene rings is 1. The lowest BCUT2D eigenvalue weighted by Crippen LogP contribution is -2.10. The molecule has 0 saturated carbocycles. The van der Waals surface area contributed by atoms with Crippen molar-refractivity contribution in [3.05, 3.63) is 42.5 Å². The van der Waals surface area contributed by atoms with Gasteiger partial charge in [-0.15, -0.1) is 6.58 Å². The van der Waals surface area contributed by atoms with E-state index < -0.39 is 6.61 Å². The summed E-state index contributed by atoms with van der Waals surface area (Å²) in [6.45, 7) is 0.829. The van der Waals surface area contributed by atoms with E-state index in [0.29, 0.717) is 0 Å². The van der Waals surface area contributed by atoms with Crippen LogP contribution in [0.1, 0.15) is 30.9 Å². The molecule has 0 aliphatic rings. The van der Waals surface area contributed by atoms with E-state index in [1.165, 1.54) is 6.07 Å². The summed E-state index contributed by atoms with van der Waals surface area (Å²) < 4.78 is 28.4. The largest absolute Gasteiger partial charge is 0.435 e. The number of nitrogens with two attached hydrogens (primary N) is 1. The van der Waals surface area contributed by atoms with E-state index in [2.05, 4.69) is 11.3 Å². The van der Waals surface area contributed by atoms with Crippen molar-refractivity contribution < 1.29 is 13.5 Å². The lowest BCUT2D eigenvalue weighted by molar-refractivity contribution is -0.0499. The predicted molar refractivity (Wildman–Crippen MR) is 64.1 cm³/mol. The van der Waals surface area contributed by atoms with Crippen LogP contribution in [0, 0.1) is 0 Å². The standard InChI is InChI=1S/C13H17F2NO/c1-2-3-4-8-12(16)10-6-5-7-11(9-10)17-13(14)15/h2,5-7,9,12-13H,1,3-4,8,16H2. The Balaban J connectivity index is 2.60. The number of halogens is 2. The Morgan fingerprint density at radius 3 is 2.82 bits per heavy atom. The Hall–Kier alpha value is -1.42. The van der Waals surface area contributed by atoms with Gasteiger partial charge in [0.25, 0.3) is 0 Å². The minimum Gasteiger partial charge on any atom is -0.435 e. The molecule has 1 atom stereocenters. The average Bonchev–Trinajstić information content (AvgIpc) is 2.28. The Morgan fingerprint density at radius 1 is 1.41 bits per heavy atom. The van der Waals surface area contributed by atoms with E-state index in [-0.39, 0.29) is 11.8 Å². The van der Waals surface area contributed by atoms with Crippen molar-refractivity contribution in [1.29, 1.82) is 0 Å². The first-order valence-corrected chi connectivity index (χ1v) is 5.54. The van der Waals surface area contributed by atoms with E-state index >= 15 is 0 Å². The molecule has 0 aliphatic carbocycles. The van der Waals surface area contributed by atoms with E-state index in [4.69, 9.17) is 5.73 Å². The highest BCUT2D eigenvalue weighted by Gasteiger charge is 2.09. The van der Waals surface area contributed by atoms with Crippen molar-refractivity contribution in [2.24, 2.45) is 5.73 Å². The highest BCUT2D eigenvalue weighted by molar-refractivity contribution is 5.30. The topological polar surface area (TPSA) is 35.2 Å². The normalized spacial score (nSPS) is 12.5. The third-order valence-electron chi connectivity index (χ3n) is 2.43. The van der Waals surface area contributed by atoms with Crippen LogP contribution in [0.25, 0.3) is 0 Å². The van der Waals surface area contributed by atoms with Crippen LogP contribution in [0.3, 0.4) is 0 Å². The van der Waals surface area contributed by atoms with Gasteiger partial charge in [-0.1, -0.05) is 18.2 Å². The summed E-state index contributed by atoms with van der Waals surface area (Å²) in [6, 6.07) is 6.38. The number of alkyl halides is 2. The fraction of sp³-hybridized carbons (Fsp3) is 0.385. The van der Waals surface area contributed by atoms with Crippen LogP contribution < -0.4 is 10.5 Å². The minimum atomic E-state index is -2.80. The number of rotatable bonds is 7. The summed E-state index contributed by atoms with van der Waals surface area (Å²) in [6.07, 6.45) is 4.47. The van der Waals surface area contributed by atoms with Crippen LogP contribution in [-0.2, 0) is 0 Å². The van der Waals surface area contributed by atoms with Gasteiger partial charge in [-0.3, -0.25) is 0 Å². The number of ether oxygens (including phenoxy) is 1. The van der Waals surface area contributed by atoms with Crippen molar-refractivity contribution in [2.75, 3.05) is 0 Å². The Labute approximate surface area is 100 Å². The molecule has 0 amide bonds. The van der Waals surface area contributed by atoms with Gasteiger partial charge in [0, 0.05) is 6.04 Å². The zero-order chi connectivity index (χ0) is 12.7. The summed E-state index contributed by atoms with van der Waals surface area (Å²) in [5.74, 6) is 0.150. The van der Waals surface area contributed by atoms with Crippen molar-refractivity contribution in [3.63, 3.8) is 0 Å². The molecule has 1 rings (SSSR count). The van der Waals surface area contributed by atoms with Crippen LogP contribution in [0.4, 0.5) is 8.78 Å². The van der Waals surface area contributed by atoms with Crippen LogP contribution in [0.2, 0.25) is 0 Å². The molecule has 0 saturated heterocycles. The van der Waals surface area contributed by atoms with Crippen LogP contribution in [0.5, 0.6) is 5.75 Å². The molecular formula is C13H17F2NO. The molecule has 0 aliphatic heterocycles. The van der Waals surface area contributed by atoms with Gasteiger partial charge in [0.1, 0.15) is 5.75 Å². The van der Waals surface area contributed by atoms with Gasteiger partial charge < -0.3 is 10.5 Å². The van der Waals surface area contributed by atoms with Gasteiger partial charge in [0.05, 0.1) is 0 Å². The Bertz CT molecular complexity index is 355. The van der Waals surface area contributed by atoms with Gasteiger partial charge in [-0.2, -0.15) is 8.78 Å². The summed E-state index contributed by atoms with van der Waals surface area (Å²) in [5, 5.41) is 0. The highest BCUT2D eigenvalue weighted by atomic mass is 19.3. The third kappa shape index (κ3) is 4.95. The molecule has 0 aromatic heterocycles. The minimum absolute atomic E-state index is 0.150. The fourth-order valence-electron chi connectivity index (χ4n) is 1.57. The molecular weight excluding hydrogens is 224 g/mol. The first-order valence-electron chi connectivity index (χ1n) is 5.54. The smallest absolute Gasteiger partial charge is 0.387 e. The molecule has 0 heterocycles. The number of hydrogen-bond donors (Lipinski definition) is 1. The average molecular weight is 241 g/mol. The molecule has 1 unspecified atom stereocenters. The number of allylic oxidation sites excluding steroid dienone is 1. The molecule has 17 heavy (non-hydrogen) atoms. The van der Waals surface area contributed by atoms with Gasteiger partial charge in [0.2, 0.25) is 0 Å². The molecule has 0 fully saturated rings. The second-order valence-corrected chi connectivity index (χ2v) is 3.78. The quantitative estimate of drug-likeness (QED) is 0.584. The Kier molecular flexibility index (Phi) is 5.63. The molecule has 1 aromatic rings. The van der Waals surface area contributed by atoms with E-state index in [1.54, 1.807) is 12.1 Å². The van der Waals surface area contributed by atoms with Crippen LogP contribution in [0.15, 0.2) is 36.9 Å². The molecule has 0 radical (unpaired) electrons. The van der Waals surface area contributed by atoms with Gasteiger partial charge >= 0.3 is 6.61 Å². The Morgan fingerprint density at radius 2 is 2.18 bits per heavy atom. The summed E-state index contributed by atoms with van der Waals surface area (Å²) in [4.78, 5) is 0. The predicted octanol–water partition coefficient (Wildman–Crippen LogP) is 3.64. The zero-order valence-electron chi connectivity index (χ0n) is 9.61. The lowest BCUT2D eigenvalue weighted by atomic mass is 10.0. The fourth-order valence-corrected chi connectivity index (χ4v) is 1.57. The van der Waals surface area contributed by atoms with E-state index in [1.807, 2.05) is 12.1 Å². The monoisotopic (exact) mass is 241 g/mol. The van der Waals surface area contributed by atoms with Crippen molar-refractivity contribution >= 4 is 0 Å². The lowest BCUT2D eigenvalue weighted by Gasteiger charge is -2.13. The molecule has 0 bridgehead atoms. The number of hydrogen-bond acceptors (Lipinski definition) is 2. The van der Waals surface area contributed by atoms with Crippen molar-refractivity contribution in [2.45, 2.75) is 31.9 Å². The van der Waals surface area contributed by atoms with Crippen LogP contribution >= 0.6 is 0 Å². The number of unbranched alkanes of at least 4 members (excludes halogenated alkanes) is 1. The van der Waals surface area contributed by atoms with Crippen molar-refractivity contribution in [3.8, 4) is 5.75 Å². The molecule has 2 N–H and O–H groups in total. The maximum Gasteiger partial charge on any atom is 0.387 e. The van der Waals surface area contributed by atoms with E-state index in [9.17, 15) is 8.78 Å². The van der Waals surface area contributed by atoms with Crippen molar-refractivity contribution in [1.82, 2.24) is 0 Å².